The van der Waals surface area contributed by atoms with Crippen LogP contribution in [0.4, 0.5) is 0 Å². The van der Waals surface area contributed by atoms with Crippen molar-refractivity contribution in [2.45, 2.75) is 32.2 Å². The smallest absolute Gasteiger partial charge is 0.122 e. The minimum Gasteiger partial charge on any atom is -0.493 e. The summed E-state index contributed by atoms with van der Waals surface area (Å²) in [6.45, 7) is 7.04. The number of methoxy groups -OCH3 is 1. The fourth-order valence-corrected chi connectivity index (χ4v) is 2.59. The fraction of sp³-hybridized carbons (Fsp3) is 0.625. The van der Waals surface area contributed by atoms with Gasteiger partial charge in [-0.2, -0.15) is 0 Å². The number of fused-ring (bicyclic) bond motifs is 1. The standard InChI is InChI=1S/C16H25NO2/c1-12(2)15(11-18-3)17-10-13-8-9-19-16-7-5-4-6-14(13)16/h4-7,12-13,15,17H,8-11H2,1-3H3. The van der Waals surface area contributed by atoms with Gasteiger partial charge in [0.15, 0.2) is 0 Å². The molecule has 106 valence electrons. The van der Waals surface area contributed by atoms with E-state index in [0.29, 0.717) is 17.9 Å². The Morgan fingerprint density at radius 1 is 1.37 bits per heavy atom. The van der Waals surface area contributed by atoms with Gasteiger partial charge in [-0.15, -0.1) is 0 Å². The van der Waals surface area contributed by atoms with Gasteiger partial charge in [-0.3, -0.25) is 0 Å². The minimum atomic E-state index is 0.417. The quantitative estimate of drug-likeness (QED) is 0.856. The topological polar surface area (TPSA) is 30.5 Å². The molecule has 2 atom stereocenters. The second-order valence-corrected chi connectivity index (χ2v) is 5.59. The van der Waals surface area contributed by atoms with Crippen LogP contribution in [0.15, 0.2) is 24.3 Å². The molecule has 1 aromatic carbocycles. The maximum atomic E-state index is 5.70. The van der Waals surface area contributed by atoms with Gasteiger partial charge < -0.3 is 14.8 Å². The Morgan fingerprint density at radius 2 is 2.16 bits per heavy atom. The average Bonchev–Trinajstić information content (AvgIpc) is 2.43. The lowest BCUT2D eigenvalue weighted by Crippen LogP contribution is -2.40. The van der Waals surface area contributed by atoms with E-state index in [-0.39, 0.29) is 0 Å². The van der Waals surface area contributed by atoms with Crippen LogP contribution in [0, 0.1) is 5.92 Å². The summed E-state index contributed by atoms with van der Waals surface area (Å²) in [5.74, 6) is 2.17. The van der Waals surface area contributed by atoms with Crippen molar-refractivity contribution in [3.05, 3.63) is 29.8 Å². The second kappa shape index (κ2) is 6.92. The van der Waals surface area contributed by atoms with E-state index in [0.717, 1.165) is 31.9 Å². The van der Waals surface area contributed by atoms with Crippen LogP contribution in [0.5, 0.6) is 5.75 Å². The van der Waals surface area contributed by atoms with Crippen molar-refractivity contribution in [2.24, 2.45) is 5.92 Å². The largest absolute Gasteiger partial charge is 0.493 e. The summed E-state index contributed by atoms with van der Waals surface area (Å²) in [7, 11) is 1.76. The highest BCUT2D eigenvalue weighted by atomic mass is 16.5. The molecule has 0 amide bonds. The molecule has 19 heavy (non-hydrogen) atoms. The SMILES string of the molecule is COCC(NCC1CCOc2ccccc21)C(C)C. The maximum Gasteiger partial charge on any atom is 0.122 e. The second-order valence-electron chi connectivity index (χ2n) is 5.59. The molecule has 2 unspecified atom stereocenters. The summed E-state index contributed by atoms with van der Waals surface area (Å²) >= 11 is 0. The van der Waals surface area contributed by atoms with Crippen molar-refractivity contribution in [1.29, 1.82) is 0 Å². The van der Waals surface area contributed by atoms with Crippen LogP contribution >= 0.6 is 0 Å². The molecule has 0 radical (unpaired) electrons. The lowest BCUT2D eigenvalue weighted by molar-refractivity contribution is 0.144. The highest BCUT2D eigenvalue weighted by Gasteiger charge is 2.22. The molecule has 2 rings (SSSR count). The Kier molecular flexibility index (Phi) is 5.23. The van der Waals surface area contributed by atoms with E-state index in [1.165, 1.54) is 5.56 Å². The third-order valence-electron chi connectivity index (χ3n) is 3.86. The number of hydrogen-bond acceptors (Lipinski definition) is 3. The molecule has 0 saturated heterocycles. The van der Waals surface area contributed by atoms with Crippen LogP contribution in [0.3, 0.4) is 0 Å². The molecule has 1 aliphatic heterocycles. The van der Waals surface area contributed by atoms with Crippen LogP contribution in [0.1, 0.15) is 31.7 Å². The summed E-state index contributed by atoms with van der Waals surface area (Å²) < 4.78 is 11.0. The Balaban J connectivity index is 1.97. The van der Waals surface area contributed by atoms with Crippen LogP contribution < -0.4 is 10.1 Å². The van der Waals surface area contributed by atoms with Crippen molar-refractivity contribution in [2.75, 3.05) is 26.9 Å². The number of para-hydroxylation sites is 1. The van der Waals surface area contributed by atoms with Crippen LogP contribution in [0.2, 0.25) is 0 Å². The number of rotatable bonds is 6. The highest BCUT2D eigenvalue weighted by Crippen LogP contribution is 2.32. The average molecular weight is 263 g/mol. The third kappa shape index (κ3) is 3.71. The van der Waals surface area contributed by atoms with Gasteiger partial charge in [0.2, 0.25) is 0 Å². The van der Waals surface area contributed by atoms with Crippen LogP contribution in [-0.2, 0) is 4.74 Å². The van der Waals surface area contributed by atoms with Crippen molar-refractivity contribution in [1.82, 2.24) is 5.32 Å². The number of benzene rings is 1. The van der Waals surface area contributed by atoms with Gasteiger partial charge in [0, 0.05) is 25.6 Å². The lowest BCUT2D eigenvalue weighted by atomic mass is 9.92. The summed E-state index contributed by atoms with van der Waals surface area (Å²) in [5.41, 5.74) is 1.33. The van der Waals surface area contributed by atoms with Gasteiger partial charge in [0.25, 0.3) is 0 Å². The first-order valence-corrected chi connectivity index (χ1v) is 7.16. The van der Waals surface area contributed by atoms with E-state index in [4.69, 9.17) is 9.47 Å². The zero-order valence-corrected chi connectivity index (χ0v) is 12.2. The molecule has 3 heteroatoms. The van der Waals surface area contributed by atoms with E-state index in [9.17, 15) is 0 Å². The molecule has 1 heterocycles. The van der Waals surface area contributed by atoms with Crippen LogP contribution in [0.25, 0.3) is 0 Å². The summed E-state index contributed by atoms with van der Waals surface area (Å²) in [6.07, 6.45) is 1.09. The Bertz CT molecular complexity index is 392. The molecular formula is C16H25NO2. The van der Waals surface area contributed by atoms with Gasteiger partial charge in [0.1, 0.15) is 5.75 Å². The van der Waals surface area contributed by atoms with E-state index in [1.54, 1.807) is 7.11 Å². The lowest BCUT2D eigenvalue weighted by Gasteiger charge is -2.29. The number of ether oxygens (including phenoxy) is 2. The van der Waals surface area contributed by atoms with E-state index >= 15 is 0 Å². The van der Waals surface area contributed by atoms with Gasteiger partial charge in [-0.1, -0.05) is 32.0 Å². The Hall–Kier alpha value is -1.06. The number of hydrogen-bond donors (Lipinski definition) is 1. The van der Waals surface area contributed by atoms with Gasteiger partial charge >= 0.3 is 0 Å². The molecule has 1 aliphatic rings. The fourth-order valence-electron chi connectivity index (χ4n) is 2.59. The predicted octanol–water partition coefficient (Wildman–Crippen LogP) is 2.81. The van der Waals surface area contributed by atoms with Crippen molar-refractivity contribution < 1.29 is 9.47 Å². The van der Waals surface area contributed by atoms with Gasteiger partial charge in [-0.05, 0) is 24.0 Å². The normalized spacial score (nSPS) is 19.9. The zero-order chi connectivity index (χ0) is 13.7. The summed E-state index contributed by atoms with van der Waals surface area (Å²) in [5, 5.41) is 3.65. The van der Waals surface area contributed by atoms with Crippen LogP contribution in [-0.4, -0.2) is 32.9 Å². The highest BCUT2D eigenvalue weighted by molar-refractivity contribution is 5.37. The molecule has 0 saturated carbocycles. The summed E-state index contributed by atoms with van der Waals surface area (Å²) in [4.78, 5) is 0. The van der Waals surface area contributed by atoms with Gasteiger partial charge in [0.05, 0.1) is 13.2 Å². The molecule has 0 aliphatic carbocycles. The van der Waals surface area contributed by atoms with E-state index in [2.05, 4.69) is 37.4 Å². The molecule has 1 N–H and O–H groups in total. The van der Waals surface area contributed by atoms with Gasteiger partial charge in [-0.25, -0.2) is 0 Å². The Morgan fingerprint density at radius 3 is 2.89 bits per heavy atom. The molecule has 0 spiro atoms. The summed E-state index contributed by atoms with van der Waals surface area (Å²) in [6, 6.07) is 8.80. The molecule has 0 bridgehead atoms. The third-order valence-corrected chi connectivity index (χ3v) is 3.86. The first kappa shape index (κ1) is 14.4. The first-order valence-electron chi connectivity index (χ1n) is 7.16. The van der Waals surface area contributed by atoms with Crippen molar-refractivity contribution in [3.8, 4) is 5.75 Å². The monoisotopic (exact) mass is 263 g/mol. The minimum absolute atomic E-state index is 0.417. The molecular weight excluding hydrogens is 238 g/mol. The van der Waals surface area contributed by atoms with E-state index in [1.807, 2.05) is 6.07 Å². The zero-order valence-electron chi connectivity index (χ0n) is 12.2. The van der Waals surface area contributed by atoms with Crippen molar-refractivity contribution in [3.63, 3.8) is 0 Å². The molecule has 1 aromatic rings. The number of nitrogens with one attached hydrogen (secondary N) is 1. The maximum absolute atomic E-state index is 5.70. The molecule has 0 fully saturated rings. The Labute approximate surface area is 116 Å². The predicted molar refractivity (Wildman–Crippen MR) is 77.8 cm³/mol. The molecule has 3 nitrogen and oxygen atoms in total. The van der Waals surface area contributed by atoms with Crippen molar-refractivity contribution >= 4 is 0 Å². The van der Waals surface area contributed by atoms with E-state index < -0.39 is 0 Å². The first-order chi connectivity index (χ1) is 9.22. The molecule has 0 aromatic heterocycles.